The van der Waals surface area contributed by atoms with Gasteiger partial charge in [-0.05, 0) is 62.6 Å². The summed E-state index contributed by atoms with van der Waals surface area (Å²) >= 11 is 0. The Kier molecular flexibility index (Phi) is 7.43. The molecule has 1 aliphatic carbocycles. The Morgan fingerprint density at radius 1 is 1.14 bits per heavy atom. The highest BCUT2D eigenvalue weighted by molar-refractivity contribution is 5.66. The number of carbonyl (C=O) groups is 1. The number of ether oxygens (including phenoxy) is 1. The van der Waals surface area contributed by atoms with E-state index in [2.05, 4.69) is 21.0 Å². The van der Waals surface area contributed by atoms with Crippen molar-refractivity contribution in [1.82, 2.24) is 19.1 Å². The molecule has 3 aromatic rings. The summed E-state index contributed by atoms with van der Waals surface area (Å²) in [6, 6.07) is 10.6. The Morgan fingerprint density at radius 2 is 1.89 bits per heavy atom. The molecular weight excluding hydrogens is 462 g/mol. The highest BCUT2D eigenvalue weighted by Gasteiger charge is 2.15. The molecule has 10 heteroatoms. The zero-order valence-electron chi connectivity index (χ0n) is 20.0. The summed E-state index contributed by atoms with van der Waals surface area (Å²) in [5.74, 6) is 0.112. The lowest BCUT2D eigenvalue weighted by atomic mass is 9.97. The third-order valence-corrected chi connectivity index (χ3v) is 5.71. The highest BCUT2D eigenvalue weighted by Crippen LogP contribution is 2.23. The summed E-state index contributed by atoms with van der Waals surface area (Å²) in [6.07, 6.45) is 8.12. The predicted octanol–water partition coefficient (Wildman–Crippen LogP) is 3.06. The average molecular weight is 490 g/mol. The number of carboxylic acid groups (broad SMARTS) is 1. The number of aliphatic carboxylic acids is 1. The second-order valence-electron chi connectivity index (χ2n) is 8.59. The fourth-order valence-electron chi connectivity index (χ4n) is 3.71. The minimum Gasteiger partial charge on any atom is -0.481 e. The van der Waals surface area contributed by atoms with Gasteiger partial charge in [0.15, 0.2) is 0 Å². The molecule has 186 valence electrons. The van der Waals surface area contributed by atoms with E-state index in [4.69, 9.17) is 9.84 Å². The van der Waals surface area contributed by atoms with Crippen LogP contribution in [0, 0.1) is 12.8 Å². The van der Waals surface area contributed by atoms with Crippen LogP contribution in [-0.4, -0.2) is 30.2 Å². The van der Waals surface area contributed by atoms with E-state index in [0.29, 0.717) is 17.2 Å². The molecule has 0 fully saturated rings. The van der Waals surface area contributed by atoms with Crippen molar-refractivity contribution >= 4 is 11.7 Å². The molecule has 36 heavy (non-hydrogen) atoms. The molecule has 1 aliphatic rings. The monoisotopic (exact) mass is 489 g/mol. The molecule has 4 rings (SSSR count). The lowest BCUT2D eigenvalue weighted by Gasteiger charge is -2.17. The number of hydrogen-bond acceptors (Lipinski definition) is 6. The predicted molar refractivity (Wildman–Crippen MR) is 133 cm³/mol. The number of carboxylic acids is 1. The molecule has 10 nitrogen and oxygen atoms in total. The fourth-order valence-corrected chi connectivity index (χ4v) is 3.71. The van der Waals surface area contributed by atoms with Crippen molar-refractivity contribution < 1.29 is 14.6 Å². The van der Waals surface area contributed by atoms with Gasteiger partial charge in [-0.2, -0.15) is 0 Å². The van der Waals surface area contributed by atoms with Crippen LogP contribution in [-0.2, 0) is 17.9 Å². The number of pyridine rings is 1. The minimum atomic E-state index is -1.10. The molecule has 2 N–H and O–H groups in total. The van der Waals surface area contributed by atoms with Crippen molar-refractivity contribution in [2.75, 3.05) is 0 Å². The van der Waals surface area contributed by atoms with Crippen LogP contribution >= 0.6 is 0 Å². The van der Waals surface area contributed by atoms with E-state index in [1.165, 1.54) is 4.57 Å². The summed E-state index contributed by atoms with van der Waals surface area (Å²) in [7, 11) is 0. The van der Waals surface area contributed by atoms with Gasteiger partial charge in [-0.1, -0.05) is 23.8 Å². The molecular formula is C26H27N5O5. The number of hydrogen-bond donors (Lipinski definition) is 2. The molecule has 0 radical (unpaired) electrons. The maximum Gasteiger partial charge on any atom is 0.335 e. The highest BCUT2D eigenvalue weighted by atomic mass is 16.5. The van der Waals surface area contributed by atoms with Crippen LogP contribution in [0.5, 0.6) is 11.5 Å². The summed E-state index contributed by atoms with van der Waals surface area (Å²) in [5.41, 5.74) is 1.31. The normalized spacial score (nSPS) is 15.6. The van der Waals surface area contributed by atoms with E-state index < -0.39 is 17.3 Å². The van der Waals surface area contributed by atoms with Crippen LogP contribution in [0.15, 0.2) is 81.0 Å². The van der Waals surface area contributed by atoms with Crippen molar-refractivity contribution in [1.29, 1.82) is 0 Å². The second kappa shape index (κ2) is 10.9. The van der Waals surface area contributed by atoms with Gasteiger partial charge in [-0.25, -0.2) is 19.1 Å². The Balaban J connectivity index is 1.68. The summed E-state index contributed by atoms with van der Waals surface area (Å²) in [5, 5.41) is 9.01. The SMILES string of the molecule is CC1=CCC(Cn2c(=O)n(CCC(=O)O)c(=O)[nH]/c2=N\c2ccc(Oc3ccc(C)nc3)cc2)C=C1. The summed E-state index contributed by atoms with van der Waals surface area (Å²) in [6.45, 7) is 3.94. The molecule has 1 unspecified atom stereocenters. The van der Waals surface area contributed by atoms with E-state index >= 15 is 0 Å². The summed E-state index contributed by atoms with van der Waals surface area (Å²) < 4.78 is 8.07. The molecule has 0 aliphatic heterocycles. The van der Waals surface area contributed by atoms with Crippen molar-refractivity contribution in [3.8, 4) is 11.5 Å². The largest absolute Gasteiger partial charge is 0.481 e. The van der Waals surface area contributed by atoms with Crippen LogP contribution < -0.4 is 21.7 Å². The van der Waals surface area contributed by atoms with Crippen molar-refractivity contribution in [3.63, 3.8) is 0 Å². The van der Waals surface area contributed by atoms with Gasteiger partial charge >= 0.3 is 17.3 Å². The quantitative estimate of drug-likeness (QED) is 0.500. The van der Waals surface area contributed by atoms with Crippen LogP contribution in [0.4, 0.5) is 5.69 Å². The number of aryl methyl sites for hydroxylation is 1. The van der Waals surface area contributed by atoms with Gasteiger partial charge in [0.2, 0.25) is 5.62 Å². The molecule has 0 saturated carbocycles. The first-order valence-electron chi connectivity index (χ1n) is 11.5. The molecule has 0 saturated heterocycles. The summed E-state index contributed by atoms with van der Waals surface area (Å²) in [4.78, 5) is 48.2. The number of aromatic nitrogens is 4. The Bertz CT molecular complexity index is 1490. The smallest absolute Gasteiger partial charge is 0.335 e. The van der Waals surface area contributed by atoms with Gasteiger partial charge in [-0.3, -0.25) is 19.3 Å². The number of nitrogens with zero attached hydrogens (tertiary/aromatic N) is 4. The molecule has 2 heterocycles. The Labute approximate surface area is 206 Å². The van der Waals surface area contributed by atoms with Gasteiger partial charge in [0.1, 0.15) is 11.5 Å². The first-order valence-corrected chi connectivity index (χ1v) is 11.5. The Hall–Kier alpha value is -4.47. The third-order valence-electron chi connectivity index (χ3n) is 5.71. The van der Waals surface area contributed by atoms with Crippen LogP contribution in [0.3, 0.4) is 0 Å². The van der Waals surface area contributed by atoms with Gasteiger partial charge in [0.25, 0.3) is 0 Å². The maximum absolute atomic E-state index is 13.2. The average Bonchev–Trinajstić information content (AvgIpc) is 2.85. The zero-order valence-corrected chi connectivity index (χ0v) is 20.0. The number of allylic oxidation sites excluding steroid dienone is 4. The second-order valence-corrected chi connectivity index (χ2v) is 8.59. The molecule has 1 aromatic carbocycles. The number of H-pyrrole nitrogens is 1. The lowest BCUT2D eigenvalue weighted by molar-refractivity contribution is -0.137. The van der Waals surface area contributed by atoms with E-state index in [9.17, 15) is 14.4 Å². The van der Waals surface area contributed by atoms with Gasteiger partial charge in [0, 0.05) is 18.8 Å². The zero-order chi connectivity index (χ0) is 25.7. The van der Waals surface area contributed by atoms with Gasteiger partial charge < -0.3 is 9.84 Å². The van der Waals surface area contributed by atoms with E-state index in [1.807, 2.05) is 38.1 Å². The van der Waals surface area contributed by atoms with E-state index in [-0.39, 0.29) is 31.0 Å². The fraction of sp³-hybridized carbons (Fsp3) is 0.269. The van der Waals surface area contributed by atoms with Crippen LogP contribution in [0.2, 0.25) is 0 Å². The van der Waals surface area contributed by atoms with Crippen molar-refractivity contribution in [2.24, 2.45) is 10.9 Å². The first kappa shape index (κ1) is 24.6. The molecule has 0 spiro atoms. The number of aromatic amines is 1. The minimum absolute atomic E-state index is 0.0260. The molecule has 0 amide bonds. The van der Waals surface area contributed by atoms with Gasteiger partial charge in [-0.15, -0.1) is 0 Å². The molecule has 0 bridgehead atoms. The Morgan fingerprint density at radius 3 is 2.53 bits per heavy atom. The van der Waals surface area contributed by atoms with Crippen molar-refractivity contribution in [3.05, 3.63) is 98.7 Å². The lowest BCUT2D eigenvalue weighted by Crippen LogP contribution is -2.50. The topological polar surface area (TPSA) is 132 Å². The van der Waals surface area contributed by atoms with Gasteiger partial charge in [0.05, 0.1) is 18.3 Å². The third kappa shape index (κ3) is 6.15. The van der Waals surface area contributed by atoms with E-state index in [0.717, 1.165) is 22.3 Å². The number of nitrogens with one attached hydrogen (secondary N) is 1. The number of benzene rings is 1. The number of rotatable bonds is 8. The van der Waals surface area contributed by atoms with E-state index in [1.54, 1.807) is 30.5 Å². The van der Waals surface area contributed by atoms with Crippen LogP contribution in [0.1, 0.15) is 25.5 Å². The molecule has 1 atom stereocenters. The van der Waals surface area contributed by atoms with Crippen LogP contribution in [0.25, 0.3) is 0 Å². The maximum atomic E-state index is 13.2. The first-order chi connectivity index (χ1) is 17.3. The standard InChI is InChI=1S/C26H27N5O5/c1-17-3-6-19(7-4-17)16-31-24(29-25(34)30(26(31)35)14-13-23(32)33)28-20-8-11-21(12-9-20)36-22-10-5-18(2)27-15-22/h3-6,8-12,15,19H,7,13-14,16H2,1-2H3,(H,32,33)(H,28,29,34). The van der Waals surface area contributed by atoms with Crippen molar-refractivity contribution in [2.45, 2.75) is 39.8 Å². The molecule has 2 aromatic heterocycles.